The number of ketones is 1. The molecule has 0 spiro atoms. The van der Waals surface area contributed by atoms with Crippen molar-refractivity contribution >= 4 is 34.7 Å². The molecular weight excluding hydrogens is 368 g/mol. The van der Waals surface area contributed by atoms with Gasteiger partial charge in [0.15, 0.2) is 5.78 Å². The fourth-order valence-corrected chi connectivity index (χ4v) is 3.55. The highest BCUT2D eigenvalue weighted by atomic mass is 16.2. The van der Waals surface area contributed by atoms with Crippen molar-refractivity contribution in [3.05, 3.63) is 53.6 Å². The number of fused-ring (bicyclic) bond motifs is 1. The van der Waals surface area contributed by atoms with E-state index in [1.54, 1.807) is 53.2 Å². The lowest BCUT2D eigenvalue weighted by Gasteiger charge is -2.30. The highest BCUT2D eigenvalue weighted by Gasteiger charge is 2.30. The Morgan fingerprint density at radius 1 is 1.28 bits per heavy atom. The Morgan fingerprint density at radius 2 is 2.00 bits per heavy atom. The van der Waals surface area contributed by atoms with E-state index in [4.69, 9.17) is 0 Å². The van der Waals surface area contributed by atoms with Gasteiger partial charge in [0.05, 0.1) is 29.6 Å². The Kier molecular flexibility index (Phi) is 5.64. The normalized spacial score (nSPS) is 15.6. The number of amides is 2. The predicted molar refractivity (Wildman–Crippen MR) is 111 cm³/mol. The Hall–Kier alpha value is -3.66. The molecule has 7 heteroatoms. The number of rotatable bonds is 4. The van der Waals surface area contributed by atoms with Crippen LogP contribution >= 0.6 is 0 Å². The summed E-state index contributed by atoms with van der Waals surface area (Å²) in [6.07, 6.45) is 0.187. The molecule has 2 aromatic rings. The van der Waals surface area contributed by atoms with Gasteiger partial charge in [0.2, 0.25) is 11.8 Å². The lowest BCUT2D eigenvalue weighted by atomic mass is 10.1. The molecule has 0 bridgehead atoms. The zero-order valence-electron chi connectivity index (χ0n) is 16.6. The highest BCUT2D eigenvalue weighted by Crippen LogP contribution is 2.32. The number of hydrogen-bond acceptors (Lipinski definition) is 5. The van der Waals surface area contributed by atoms with Crippen LogP contribution in [0, 0.1) is 11.3 Å². The second-order valence-corrected chi connectivity index (χ2v) is 7.14. The van der Waals surface area contributed by atoms with E-state index in [9.17, 15) is 19.6 Å². The molecule has 7 nitrogen and oxygen atoms in total. The molecule has 0 saturated heterocycles. The van der Waals surface area contributed by atoms with E-state index in [0.717, 1.165) is 0 Å². The number of anilines is 3. The summed E-state index contributed by atoms with van der Waals surface area (Å²) in [5.74, 6) is -0.498. The first-order valence-electron chi connectivity index (χ1n) is 9.29. The number of hydrogen-bond donors (Lipinski definition) is 1. The zero-order chi connectivity index (χ0) is 21.1. The Labute approximate surface area is 169 Å². The first-order chi connectivity index (χ1) is 13.8. The van der Waals surface area contributed by atoms with Gasteiger partial charge in [-0.1, -0.05) is 12.1 Å². The smallest absolute Gasteiger partial charge is 0.246 e. The summed E-state index contributed by atoms with van der Waals surface area (Å²) in [6, 6.07) is 13.7. The molecule has 0 fully saturated rings. The minimum absolute atomic E-state index is 0.0119. The summed E-state index contributed by atoms with van der Waals surface area (Å²) in [4.78, 5) is 40.7. The van der Waals surface area contributed by atoms with Crippen LogP contribution in [0.5, 0.6) is 0 Å². The van der Waals surface area contributed by atoms with Crippen LogP contribution in [-0.4, -0.2) is 37.2 Å². The number of nitrogens with zero attached hydrogens (tertiary/aromatic N) is 3. The van der Waals surface area contributed by atoms with E-state index in [0.29, 0.717) is 28.2 Å². The number of carbonyl (C=O) groups is 3. The van der Waals surface area contributed by atoms with Crippen LogP contribution in [0.1, 0.15) is 36.2 Å². The van der Waals surface area contributed by atoms with E-state index in [2.05, 4.69) is 11.4 Å². The van der Waals surface area contributed by atoms with Crippen LogP contribution in [-0.2, 0) is 9.59 Å². The zero-order valence-corrected chi connectivity index (χ0v) is 16.6. The number of Topliss-reactive ketones (excluding diaryl/α,β-unsaturated/α-hetero) is 1. The summed E-state index contributed by atoms with van der Waals surface area (Å²) < 4.78 is 0. The molecule has 0 aromatic heterocycles. The fourth-order valence-electron chi connectivity index (χ4n) is 3.55. The van der Waals surface area contributed by atoms with Gasteiger partial charge < -0.3 is 15.1 Å². The van der Waals surface area contributed by atoms with Gasteiger partial charge in [-0.3, -0.25) is 14.4 Å². The third kappa shape index (κ3) is 4.11. The van der Waals surface area contributed by atoms with E-state index in [-0.39, 0.29) is 36.6 Å². The number of para-hydroxylation sites is 2. The van der Waals surface area contributed by atoms with Crippen molar-refractivity contribution in [3.63, 3.8) is 0 Å². The van der Waals surface area contributed by atoms with E-state index in [1.807, 2.05) is 13.0 Å². The van der Waals surface area contributed by atoms with Crippen LogP contribution in [0.25, 0.3) is 0 Å². The summed E-state index contributed by atoms with van der Waals surface area (Å²) in [6.45, 7) is 3.27. The topological polar surface area (TPSA) is 93.5 Å². The molecule has 0 aliphatic carbocycles. The lowest BCUT2D eigenvalue weighted by molar-refractivity contribution is -0.118. The van der Waals surface area contributed by atoms with Crippen molar-refractivity contribution in [3.8, 4) is 6.07 Å². The number of likely N-dealkylation sites (N-methyl/N-ethyl adjacent to an activating group) is 1. The molecule has 0 saturated carbocycles. The molecule has 1 atom stereocenters. The fraction of sp³-hybridized carbons (Fsp3) is 0.273. The van der Waals surface area contributed by atoms with Gasteiger partial charge >= 0.3 is 0 Å². The molecule has 3 rings (SSSR count). The van der Waals surface area contributed by atoms with Crippen molar-refractivity contribution < 1.29 is 14.4 Å². The maximum absolute atomic E-state index is 13.2. The molecule has 1 aliphatic rings. The summed E-state index contributed by atoms with van der Waals surface area (Å²) in [7, 11) is 1.71. The number of carbonyl (C=O) groups excluding carboxylic acids is 3. The van der Waals surface area contributed by atoms with E-state index < -0.39 is 0 Å². The molecule has 1 unspecified atom stereocenters. The van der Waals surface area contributed by atoms with Gasteiger partial charge in [-0.05, 0) is 44.2 Å². The van der Waals surface area contributed by atoms with Crippen LogP contribution in [0.3, 0.4) is 0 Å². The lowest BCUT2D eigenvalue weighted by Crippen LogP contribution is -2.44. The average molecular weight is 390 g/mol. The standard InChI is InChI=1S/C22H22N4O3/c1-14-10-21(28)24-18-6-4-5-7-19(18)26(14)22(29)13-25(3)20-11-16(12-23)8-9-17(20)15(2)27/h4-9,11,14H,10,13H2,1-3H3,(H,24,28). The minimum atomic E-state index is -0.322. The molecule has 1 aliphatic heterocycles. The van der Waals surface area contributed by atoms with Gasteiger partial charge in [0.1, 0.15) is 0 Å². The average Bonchev–Trinajstić information content (AvgIpc) is 2.81. The van der Waals surface area contributed by atoms with E-state index >= 15 is 0 Å². The van der Waals surface area contributed by atoms with Gasteiger partial charge in [-0.15, -0.1) is 0 Å². The number of nitriles is 1. The quantitative estimate of drug-likeness (QED) is 0.810. The first-order valence-corrected chi connectivity index (χ1v) is 9.29. The van der Waals surface area contributed by atoms with Crippen LogP contribution in [0.15, 0.2) is 42.5 Å². The Balaban J connectivity index is 1.93. The van der Waals surface area contributed by atoms with Gasteiger partial charge in [-0.2, -0.15) is 5.26 Å². The first kappa shape index (κ1) is 20.1. The van der Waals surface area contributed by atoms with Gasteiger partial charge in [0, 0.05) is 30.8 Å². The molecule has 0 radical (unpaired) electrons. The van der Waals surface area contributed by atoms with E-state index in [1.165, 1.54) is 6.92 Å². The molecular formula is C22H22N4O3. The number of nitrogens with one attached hydrogen (secondary N) is 1. The number of benzene rings is 2. The third-order valence-electron chi connectivity index (χ3n) is 4.92. The second kappa shape index (κ2) is 8.15. The van der Waals surface area contributed by atoms with Gasteiger partial charge in [0.25, 0.3) is 0 Å². The van der Waals surface area contributed by atoms with Crippen LogP contribution in [0.2, 0.25) is 0 Å². The highest BCUT2D eigenvalue weighted by molar-refractivity contribution is 6.06. The predicted octanol–water partition coefficient (Wildman–Crippen LogP) is 2.96. The Morgan fingerprint density at radius 3 is 2.69 bits per heavy atom. The monoisotopic (exact) mass is 390 g/mol. The third-order valence-corrected chi connectivity index (χ3v) is 4.92. The molecule has 2 aromatic carbocycles. The summed E-state index contributed by atoms with van der Waals surface area (Å²) in [5, 5.41) is 12.0. The molecule has 1 N–H and O–H groups in total. The van der Waals surface area contributed by atoms with Crippen molar-refractivity contribution in [1.29, 1.82) is 5.26 Å². The molecule has 29 heavy (non-hydrogen) atoms. The molecule has 1 heterocycles. The van der Waals surface area contributed by atoms with Crippen molar-refractivity contribution in [2.45, 2.75) is 26.3 Å². The summed E-state index contributed by atoms with van der Waals surface area (Å²) >= 11 is 0. The van der Waals surface area contributed by atoms with Crippen LogP contribution in [0.4, 0.5) is 17.1 Å². The maximum atomic E-state index is 13.2. The van der Waals surface area contributed by atoms with Crippen molar-refractivity contribution in [2.24, 2.45) is 0 Å². The largest absolute Gasteiger partial charge is 0.365 e. The Bertz CT molecular complexity index is 1020. The molecule has 148 valence electrons. The second-order valence-electron chi connectivity index (χ2n) is 7.14. The van der Waals surface area contributed by atoms with Crippen molar-refractivity contribution in [2.75, 3.05) is 28.7 Å². The van der Waals surface area contributed by atoms with Crippen molar-refractivity contribution in [1.82, 2.24) is 0 Å². The van der Waals surface area contributed by atoms with Gasteiger partial charge in [-0.25, -0.2) is 0 Å². The SMILES string of the molecule is CC(=O)c1ccc(C#N)cc1N(C)CC(=O)N1c2ccccc2NC(=O)CC1C. The van der Waals surface area contributed by atoms with Crippen LogP contribution < -0.4 is 15.1 Å². The maximum Gasteiger partial charge on any atom is 0.246 e. The summed E-state index contributed by atoms with van der Waals surface area (Å²) in [5.41, 5.74) is 2.61. The molecule has 2 amide bonds. The minimum Gasteiger partial charge on any atom is -0.365 e.